The highest BCUT2D eigenvalue weighted by Crippen LogP contribution is 2.28. The van der Waals surface area contributed by atoms with Crippen LogP contribution in [0.4, 0.5) is 5.69 Å². The van der Waals surface area contributed by atoms with Crippen molar-refractivity contribution < 1.29 is 14.3 Å². The first-order chi connectivity index (χ1) is 12.4. The molecule has 0 saturated heterocycles. The number of ether oxygens (including phenoxy) is 1. The van der Waals surface area contributed by atoms with Crippen LogP contribution in [0.5, 0.6) is 0 Å². The van der Waals surface area contributed by atoms with Crippen molar-refractivity contribution in [1.29, 1.82) is 0 Å². The molecule has 1 aromatic heterocycles. The molecule has 1 aliphatic rings. The van der Waals surface area contributed by atoms with E-state index in [1.807, 2.05) is 45.2 Å². The molecule has 0 spiro atoms. The molecule has 26 heavy (non-hydrogen) atoms. The van der Waals surface area contributed by atoms with Gasteiger partial charge in [-0.3, -0.25) is 9.48 Å². The summed E-state index contributed by atoms with van der Waals surface area (Å²) >= 11 is 0. The maximum absolute atomic E-state index is 12.6. The number of esters is 1. The number of aryl methyl sites for hydroxylation is 2. The zero-order valence-electron chi connectivity index (χ0n) is 15.5. The lowest BCUT2D eigenvalue weighted by atomic mass is 10.2. The van der Waals surface area contributed by atoms with Crippen LogP contribution in [0.15, 0.2) is 30.3 Å². The molecule has 6 nitrogen and oxygen atoms in total. The number of rotatable bonds is 4. The van der Waals surface area contributed by atoms with Crippen LogP contribution in [0, 0.1) is 13.8 Å². The van der Waals surface area contributed by atoms with Gasteiger partial charge in [-0.15, -0.1) is 0 Å². The molecule has 1 atom stereocenters. The Morgan fingerprint density at radius 3 is 2.69 bits per heavy atom. The highest BCUT2D eigenvalue weighted by Gasteiger charge is 2.29. The van der Waals surface area contributed by atoms with Gasteiger partial charge in [-0.2, -0.15) is 5.10 Å². The fraction of sp³-hybridized carbons (Fsp3) is 0.350. The number of carbonyl (C=O) groups is 2. The highest BCUT2D eigenvalue weighted by atomic mass is 16.5. The van der Waals surface area contributed by atoms with E-state index in [0.29, 0.717) is 6.54 Å². The van der Waals surface area contributed by atoms with E-state index < -0.39 is 12.1 Å². The maximum Gasteiger partial charge on any atom is 0.331 e. The van der Waals surface area contributed by atoms with Gasteiger partial charge < -0.3 is 9.64 Å². The molecule has 1 aliphatic heterocycles. The van der Waals surface area contributed by atoms with Gasteiger partial charge in [-0.25, -0.2) is 4.79 Å². The molecule has 6 heteroatoms. The Labute approximate surface area is 153 Å². The Balaban J connectivity index is 1.64. The summed E-state index contributed by atoms with van der Waals surface area (Å²) in [6.45, 7) is 6.04. The number of carbonyl (C=O) groups excluding carboxylic acids is 2. The minimum atomic E-state index is -0.839. The molecule has 0 N–H and O–H groups in total. The number of amides is 1. The summed E-state index contributed by atoms with van der Waals surface area (Å²) < 4.78 is 7.06. The minimum Gasteiger partial charge on any atom is -0.449 e. The van der Waals surface area contributed by atoms with Crippen molar-refractivity contribution in [2.75, 3.05) is 11.4 Å². The number of benzene rings is 1. The molecule has 0 aliphatic carbocycles. The lowest BCUT2D eigenvalue weighted by Gasteiger charge is -2.21. The second-order valence-electron chi connectivity index (χ2n) is 6.49. The lowest BCUT2D eigenvalue weighted by molar-refractivity contribution is -0.149. The standard InChI is InChI=1S/C20H23N3O3/c1-13-17(14(2)22(4)21-13)9-10-19(24)26-15(3)20(25)23-12-11-16-7-5-6-8-18(16)23/h5-10,15H,11-12H2,1-4H3/b10-9+/t15-/m1/s1. The van der Waals surface area contributed by atoms with Gasteiger partial charge in [0.2, 0.25) is 0 Å². The van der Waals surface area contributed by atoms with Gasteiger partial charge >= 0.3 is 5.97 Å². The molecule has 0 saturated carbocycles. The summed E-state index contributed by atoms with van der Waals surface area (Å²) in [4.78, 5) is 26.4. The van der Waals surface area contributed by atoms with Crippen molar-refractivity contribution in [2.24, 2.45) is 7.05 Å². The van der Waals surface area contributed by atoms with Crippen molar-refractivity contribution in [3.63, 3.8) is 0 Å². The smallest absolute Gasteiger partial charge is 0.331 e. The largest absolute Gasteiger partial charge is 0.449 e. The maximum atomic E-state index is 12.6. The molecular formula is C20H23N3O3. The van der Waals surface area contributed by atoms with Crippen LogP contribution < -0.4 is 4.90 Å². The number of para-hydroxylation sites is 1. The van der Waals surface area contributed by atoms with Crippen molar-refractivity contribution in [3.8, 4) is 0 Å². The molecule has 0 radical (unpaired) electrons. The third kappa shape index (κ3) is 3.40. The Morgan fingerprint density at radius 2 is 2.00 bits per heavy atom. The van der Waals surface area contributed by atoms with Gasteiger partial charge in [0.05, 0.1) is 5.69 Å². The summed E-state index contributed by atoms with van der Waals surface area (Å²) in [5, 5.41) is 4.30. The Bertz CT molecular complexity index is 882. The van der Waals surface area contributed by atoms with Crippen LogP contribution in [0.1, 0.15) is 29.4 Å². The first-order valence-corrected chi connectivity index (χ1v) is 8.66. The van der Waals surface area contributed by atoms with Crippen molar-refractivity contribution in [1.82, 2.24) is 9.78 Å². The third-order valence-corrected chi connectivity index (χ3v) is 4.74. The molecule has 2 heterocycles. The zero-order valence-corrected chi connectivity index (χ0v) is 15.5. The highest BCUT2D eigenvalue weighted by molar-refractivity contribution is 6.00. The predicted molar refractivity (Wildman–Crippen MR) is 99.8 cm³/mol. The van der Waals surface area contributed by atoms with E-state index in [0.717, 1.165) is 34.6 Å². The molecule has 2 aromatic rings. The quantitative estimate of drug-likeness (QED) is 0.626. The number of fused-ring (bicyclic) bond motifs is 1. The summed E-state index contributed by atoms with van der Waals surface area (Å²) in [5.74, 6) is -0.744. The number of aromatic nitrogens is 2. The van der Waals surface area contributed by atoms with Crippen LogP contribution in [-0.4, -0.2) is 34.3 Å². The van der Waals surface area contributed by atoms with E-state index in [2.05, 4.69) is 5.10 Å². The molecule has 0 unspecified atom stereocenters. The van der Waals surface area contributed by atoms with Gasteiger partial charge in [0.15, 0.2) is 6.10 Å². The monoisotopic (exact) mass is 353 g/mol. The van der Waals surface area contributed by atoms with Crippen molar-refractivity contribution in [2.45, 2.75) is 33.3 Å². The minimum absolute atomic E-state index is 0.203. The Morgan fingerprint density at radius 1 is 1.27 bits per heavy atom. The number of nitrogens with zero attached hydrogens (tertiary/aromatic N) is 3. The van der Waals surface area contributed by atoms with Gasteiger partial charge in [-0.1, -0.05) is 18.2 Å². The fourth-order valence-electron chi connectivity index (χ4n) is 3.23. The van der Waals surface area contributed by atoms with Crippen LogP contribution in [-0.2, 0) is 27.8 Å². The second-order valence-corrected chi connectivity index (χ2v) is 6.49. The van der Waals surface area contributed by atoms with Crippen molar-refractivity contribution >= 4 is 23.6 Å². The number of hydrogen-bond donors (Lipinski definition) is 0. The Kier molecular flexibility index (Phi) is 4.93. The van der Waals surface area contributed by atoms with E-state index in [-0.39, 0.29) is 5.91 Å². The average Bonchev–Trinajstić information content (AvgIpc) is 3.14. The van der Waals surface area contributed by atoms with E-state index in [1.165, 1.54) is 6.08 Å². The zero-order chi connectivity index (χ0) is 18.8. The lowest BCUT2D eigenvalue weighted by Crippen LogP contribution is -2.38. The van der Waals surface area contributed by atoms with Crippen LogP contribution in [0.3, 0.4) is 0 Å². The van der Waals surface area contributed by atoms with E-state index >= 15 is 0 Å². The summed E-state index contributed by atoms with van der Waals surface area (Å²) in [7, 11) is 1.85. The van der Waals surface area contributed by atoms with Gasteiger partial charge in [0.1, 0.15) is 0 Å². The predicted octanol–water partition coefficient (Wildman–Crippen LogP) is 2.57. The van der Waals surface area contributed by atoms with Gasteiger partial charge in [0, 0.05) is 36.6 Å². The van der Waals surface area contributed by atoms with Gasteiger partial charge in [-0.05, 0) is 44.9 Å². The average molecular weight is 353 g/mol. The normalized spacial score (nSPS) is 14.5. The fourth-order valence-corrected chi connectivity index (χ4v) is 3.23. The van der Waals surface area contributed by atoms with Crippen LogP contribution in [0.25, 0.3) is 6.08 Å². The molecule has 1 aromatic carbocycles. The summed E-state index contributed by atoms with van der Waals surface area (Å²) in [6.07, 6.45) is 3.01. The first-order valence-electron chi connectivity index (χ1n) is 8.66. The molecule has 0 bridgehead atoms. The SMILES string of the molecule is Cc1nn(C)c(C)c1/C=C/C(=O)O[C@H](C)C(=O)N1CCc2ccccc21. The Hall–Kier alpha value is -2.89. The van der Waals surface area contributed by atoms with E-state index in [1.54, 1.807) is 22.6 Å². The number of hydrogen-bond acceptors (Lipinski definition) is 4. The molecular weight excluding hydrogens is 330 g/mol. The summed E-state index contributed by atoms with van der Waals surface area (Å²) in [6, 6.07) is 7.80. The second kappa shape index (κ2) is 7.15. The first kappa shape index (κ1) is 17.9. The summed E-state index contributed by atoms with van der Waals surface area (Å²) in [5.41, 5.74) is 4.73. The van der Waals surface area contributed by atoms with E-state index in [4.69, 9.17) is 4.74 Å². The molecule has 1 amide bonds. The van der Waals surface area contributed by atoms with Crippen LogP contribution in [0.2, 0.25) is 0 Å². The molecule has 0 fully saturated rings. The van der Waals surface area contributed by atoms with Crippen molar-refractivity contribution in [3.05, 3.63) is 52.9 Å². The molecule has 3 rings (SSSR count). The molecule has 136 valence electrons. The third-order valence-electron chi connectivity index (χ3n) is 4.74. The topological polar surface area (TPSA) is 64.4 Å². The van der Waals surface area contributed by atoms with Gasteiger partial charge in [0.25, 0.3) is 5.91 Å². The van der Waals surface area contributed by atoms with E-state index in [9.17, 15) is 9.59 Å². The van der Waals surface area contributed by atoms with Crippen LogP contribution >= 0.6 is 0 Å². The number of anilines is 1.